The minimum atomic E-state index is -1.66. The number of guanidine groups is 2. The number of aliphatic carboxylic acids is 1. The number of nitrogens with zero attached hydrogens (tertiary/aromatic N) is 2. The summed E-state index contributed by atoms with van der Waals surface area (Å²) in [5.74, 6) is -5.03. The van der Waals surface area contributed by atoms with E-state index in [9.17, 15) is 34.2 Å². The summed E-state index contributed by atoms with van der Waals surface area (Å²) in [6.07, 6.45) is -1.22. The van der Waals surface area contributed by atoms with Gasteiger partial charge < -0.3 is 60.6 Å². The standard InChI is InChI=1S/C21H41N11O7/c1-10(33)15(19(38)39)32-18(37)12(5-3-9-29-21(26)27)31-17(36)13(6-7-14(23)34)30-16(35)11(22)4-2-8-28-20(24)25/h10-13,15,33H,2-9,22H2,1H3,(H2,23,34)(H,30,35)(H,31,36)(H,32,37)(H,38,39)(H4,24,25,28)(H4,26,27,29). The molecular weight excluding hydrogens is 518 g/mol. The lowest BCUT2D eigenvalue weighted by Crippen LogP contribution is -2.58. The van der Waals surface area contributed by atoms with E-state index in [1.165, 1.54) is 6.92 Å². The SMILES string of the molecule is CC(O)C(NC(=O)C(CCCN=C(N)N)NC(=O)C(CCC(N)=O)NC(=O)C(N)CCCN=C(N)N)C(=O)O. The van der Waals surface area contributed by atoms with Crippen molar-refractivity contribution in [3.05, 3.63) is 0 Å². The number of carbonyl (C=O) groups excluding carboxylic acids is 4. The molecule has 0 aliphatic rings. The van der Waals surface area contributed by atoms with Gasteiger partial charge in [-0.1, -0.05) is 0 Å². The van der Waals surface area contributed by atoms with Gasteiger partial charge in [-0.25, -0.2) is 4.79 Å². The molecule has 0 radical (unpaired) electrons. The van der Waals surface area contributed by atoms with Crippen LogP contribution in [0.15, 0.2) is 9.98 Å². The van der Waals surface area contributed by atoms with Crippen LogP contribution in [0.1, 0.15) is 45.4 Å². The monoisotopic (exact) mass is 559 g/mol. The van der Waals surface area contributed by atoms with E-state index in [0.29, 0.717) is 6.42 Å². The number of nitrogens with one attached hydrogen (secondary N) is 3. The molecule has 5 unspecified atom stereocenters. The smallest absolute Gasteiger partial charge is 0.328 e. The number of aliphatic hydroxyl groups is 1. The first-order valence-corrected chi connectivity index (χ1v) is 12.1. The summed E-state index contributed by atoms with van der Waals surface area (Å²) in [6.45, 7) is 1.49. The molecule has 0 spiro atoms. The van der Waals surface area contributed by atoms with E-state index in [0.717, 1.165) is 0 Å². The maximum Gasteiger partial charge on any atom is 0.328 e. The number of hydrogen-bond donors (Lipinski definition) is 11. The molecule has 0 aromatic carbocycles. The first kappa shape index (κ1) is 34.8. The fourth-order valence-corrected chi connectivity index (χ4v) is 3.17. The molecule has 0 fully saturated rings. The highest BCUT2D eigenvalue weighted by Crippen LogP contribution is 2.06. The van der Waals surface area contributed by atoms with Crippen molar-refractivity contribution in [2.45, 2.75) is 75.7 Å². The average molecular weight is 560 g/mol. The van der Waals surface area contributed by atoms with Crippen LogP contribution in [0.3, 0.4) is 0 Å². The molecule has 0 saturated carbocycles. The molecule has 0 rings (SSSR count). The molecule has 0 aromatic heterocycles. The summed E-state index contributed by atoms with van der Waals surface area (Å²) in [7, 11) is 0. The van der Waals surface area contributed by atoms with Crippen LogP contribution >= 0.6 is 0 Å². The van der Waals surface area contributed by atoms with Crippen LogP contribution in [-0.2, 0) is 24.0 Å². The van der Waals surface area contributed by atoms with Gasteiger partial charge in [-0.2, -0.15) is 0 Å². The molecule has 0 aliphatic heterocycles. The van der Waals surface area contributed by atoms with Gasteiger partial charge in [-0.3, -0.25) is 29.2 Å². The number of primary amides is 1. The number of carboxylic acid groups (broad SMARTS) is 1. The van der Waals surface area contributed by atoms with E-state index in [2.05, 4.69) is 25.9 Å². The van der Waals surface area contributed by atoms with Crippen molar-refractivity contribution in [2.75, 3.05) is 13.1 Å². The summed E-state index contributed by atoms with van der Waals surface area (Å²) in [6, 6.07) is -5.32. The van der Waals surface area contributed by atoms with E-state index in [1.807, 2.05) is 0 Å². The Morgan fingerprint density at radius 1 is 0.744 bits per heavy atom. The van der Waals surface area contributed by atoms with Crippen molar-refractivity contribution < 1.29 is 34.2 Å². The van der Waals surface area contributed by atoms with Crippen LogP contribution in [0.25, 0.3) is 0 Å². The summed E-state index contributed by atoms with van der Waals surface area (Å²) in [4.78, 5) is 68.8. The molecule has 18 heteroatoms. The van der Waals surface area contributed by atoms with Crippen molar-refractivity contribution in [2.24, 2.45) is 44.4 Å². The van der Waals surface area contributed by atoms with Crippen molar-refractivity contribution in [1.82, 2.24) is 16.0 Å². The van der Waals surface area contributed by atoms with Crippen LogP contribution in [0.5, 0.6) is 0 Å². The minimum absolute atomic E-state index is 0.0404. The predicted octanol–water partition coefficient (Wildman–Crippen LogP) is -5.39. The summed E-state index contributed by atoms with van der Waals surface area (Å²) < 4.78 is 0. The number of rotatable bonds is 19. The van der Waals surface area contributed by atoms with Crippen LogP contribution in [-0.4, -0.2) is 95.1 Å². The summed E-state index contributed by atoms with van der Waals surface area (Å²) in [5.41, 5.74) is 32.1. The largest absolute Gasteiger partial charge is 0.480 e. The van der Waals surface area contributed by atoms with Crippen LogP contribution in [0.2, 0.25) is 0 Å². The average Bonchev–Trinajstić information content (AvgIpc) is 2.83. The summed E-state index contributed by atoms with van der Waals surface area (Å²) >= 11 is 0. The van der Waals surface area contributed by atoms with Gasteiger partial charge in [0.1, 0.15) is 12.1 Å². The fourth-order valence-electron chi connectivity index (χ4n) is 3.17. The molecule has 4 amide bonds. The lowest BCUT2D eigenvalue weighted by molar-refractivity contribution is -0.145. The molecule has 0 aliphatic carbocycles. The number of amides is 4. The highest BCUT2D eigenvalue weighted by atomic mass is 16.4. The van der Waals surface area contributed by atoms with E-state index < -0.39 is 59.9 Å². The topological polar surface area (TPSA) is 343 Å². The van der Waals surface area contributed by atoms with Gasteiger partial charge in [0.05, 0.1) is 12.1 Å². The van der Waals surface area contributed by atoms with Gasteiger partial charge >= 0.3 is 5.97 Å². The first-order valence-electron chi connectivity index (χ1n) is 12.1. The molecule has 39 heavy (non-hydrogen) atoms. The second-order valence-electron chi connectivity index (χ2n) is 8.70. The van der Waals surface area contributed by atoms with Crippen LogP contribution in [0, 0.1) is 0 Å². The molecule has 0 aromatic rings. The molecule has 5 atom stereocenters. The second kappa shape index (κ2) is 18.1. The van der Waals surface area contributed by atoms with Gasteiger partial charge in [0.25, 0.3) is 0 Å². The molecule has 0 saturated heterocycles. The highest BCUT2D eigenvalue weighted by Gasteiger charge is 2.31. The van der Waals surface area contributed by atoms with Gasteiger partial charge in [0.2, 0.25) is 23.6 Å². The first-order chi connectivity index (χ1) is 18.1. The van der Waals surface area contributed by atoms with Crippen molar-refractivity contribution in [3.63, 3.8) is 0 Å². The summed E-state index contributed by atoms with van der Waals surface area (Å²) in [5, 5.41) is 26.0. The molecular formula is C21H41N11O7. The number of hydrogen-bond acceptors (Lipinski definition) is 9. The Balaban J connectivity index is 5.62. The number of nitrogens with two attached hydrogens (primary N) is 6. The fraction of sp³-hybridized carbons (Fsp3) is 0.667. The minimum Gasteiger partial charge on any atom is -0.480 e. The zero-order valence-electron chi connectivity index (χ0n) is 21.8. The maximum absolute atomic E-state index is 13.1. The third-order valence-corrected chi connectivity index (χ3v) is 5.24. The van der Waals surface area contributed by atoms with E-state index in [4.69, 9.17) is 34.4 Å². The Kier molecular flexibility index (Phi) is 16.2. The Labute approximate surface area is 225 Å². The van der Waals surface area contributed by atoms with Crippen molar-refractivity contribution in [1.29, 1.82) is 0 Å². The highest BCUT2D eigenvalue weighted by molar-refractivity contribution is 5.94. The van der Waals surface area contributed by atoms with E-state index in [1.54, 1.807) is 0 Å². The zero-order valence-corrected chi connectivity index (χ0v) is 21.8. The van der Waals surface area contributed by atoms with Crippen molar-refractivity contribution >= 4 is 41.5 Å². The lowest BCUT2D eigenvalue weighted by atomic mass is 10.1. The van der Waals surface area contributed by atoms with Crippen LogP contribution < -0.4 is 50.4 Å². The number of aliphatic imine (C=N–C) groups is 2. The molecule has 18 nitrogen and oxygen atoms in total. The van der Waals surface area contributed by atoms with Crippen molar-refractivity contribution in [3.8, 4) is 0 Å². The van der Waals surface area contributed by atoms with E-state index >= 15 is 0 Å². The lowest BCUT2D eigenvalue weighted by Gasteiger charge is -2.25. The Bertz CT molecular complexity index is 903. The molecule has 17 N–H and O–H groups in total. The number of aliphatic hydroxyl groups excluding tert-OH is 1. The Morgan fingerprint density at radius 3 is 1.67 bits per heavy atom. The van der Waals surface area contributed by atoms with E-state index in [-0.39, 0.29) is 57.1 Å². The van der Waals surface area contributed by atoms with Crippen LogP contribution in [0.4, 0.5) is 0 Å². The third kappa shape index (κ3) is 15.6. The van der Waals surface area contributed by atoms with Gasteiger partial charge in [0.15, 0.2) is 18.0 Å². The second-order valence-corrected chi connectivity index (χ2v) is 8.70. The van der Waals surface area contributed by atoms with Gasteiger partial charge in [0, 0.05) is 19.5 Å². The third-order valence-electron chi connectivity index (χ3n) is 5.24. The number of carbonyl (C=O) groups is 5. The zero-order chi connectivity index (χ0) is 30.1. The quantitative estimate of drug-likeness (QED) is 0.0401. The molecule has 222 valence electrons. The molecule has 0 bridgehead atoms. The Hall–Kier alpha value is -4.19. The number of carboxylic acids is 1. The predicted molar refractivity (Wildman–Crippen MR) is 141 cm³/mol. The normalized spacial score (nSPS) is 14.4. The van der Waals surface area contributed by atoms with Gasteiger partial charge in [-0.05, 0) is 39.0 Å². The molecule has 0 heterocycles. The maximum atomic E-state index is 13.1. The van der Waals surface area contributed by atoms with Gasteiger partial charge in [-0.15, -0.1) is 0 Å². The Morgan fingerprint density at radius 2 is 1.21 bits per heavy atom.